The molecule has 0 fully saturated rings. The van der Waals surface area contributed by atoms with Crippen LogP contribution in [0.1, 0.15) is 41.0 Å². The zero-order chi connectivity index (χ0) is 13.7. The minimum atomic E-state index is -0.912. The third-order valence-corrected chi connectivity index (χ3v) is 2.04. The second kappa shape index (κ2) is 6.00. The molecule has 0 spiro atoms. The van der Waals surface area contributed by atoms with Gasteiger partial charge in [0.25, 0.3) is 0 Å². The van der Waals surface area contributed by atoms with E-state index in [0.717, 1.165) is 0 Å². The number of amides is 2. The van der Waals surface area contributed by atoms with Crippen LogP contribution in [0.5, 0.6) is 0 Å². The molecule has 0 radical (unpaired) electrons. The zero-order valence-corrected chi connectivity index (χ0v) is 11.4. The Morgan fingerprint density at radius 1 is 1.06 bits per heavy atom. The summed E-state index contributed by atoms with van der Waals surface area (Å²) in [5.41, 5.74) is -1.35. The molecule has 0 saturated heterocycles. The summed E-state index contributed by atoms with van der Waals surface area (Å²) in [6.45, 7) is 9.21. The highest BCUT2D eigenvalue weighted by atomic mass is 16.3. The topological polar surface area (TPSA) is 78.4 Å². The fourth-order valence-electron chi connectivity index (χ4n) is 0.958. The van der Waals surface area contributed by atoms with Crippen molar-refractivity contribution in [1.29, 1.82) is 0 Å². The van der Waals surface area contributed by atoms with Crippen molar-refractivity contribution < 1.29 is 14.7 Å². The molecule has 0 aliphatic heterocycles. The fourth-order valence-corrected chi connectivity index (χ4v) is 0.958. The summed E-state index contributed by atoms with van der Waals surface area (Å²) >= 11 is 0. The van der Waals surface area contributed by atoms with Gasteiger partial charge in [-0.2, -0.15) is 0 Å². The Kier molecular flexibility index (Phi) is 5.61. The first kappa shape index (κ1) is 15.9. The molecule has 0 aliphatic rings. The molecule has 17 heavy (non-hydrogen) atoms. The van der Waals surface area contributed by atoms with Crippen LogP contribution in [0.4, 0.5) is 0 Å². The van der Waals surface area contributed by atoms with E-state index < -0.39 is 11.0 Å². The van der Waals surface area contributed by atoms with E-state index in [0.29, 0.717) is 6.54 Å². The van der Waals surface area contributed by atoms with Crippen LogP contribution < -0.4 is 10.6 Å². The Morgan fingerprint density at radius 3 is 2.00 bits per heavy atom. The predicted octanol–water partition coefficient (Wildman–Crippen LogP) is 0.426. The van der Waals surface area contributed by atoms with Gasteiger partial charge in [-0.05, 0) is 13.8 Å². The highest BCUT2D eigenvalue weighted by Crippen LogP contribution is 2.11. The third kappa shape index (κ3) is 8.68. The van der Waals surface area contributed by atoms with Crippen molar-refractivity contribution >= 4 is 11.8 Å². The van der Waals surface area contributed by atoms with Gasteiger partial charge in [0.15, 0.2) is 0 Å². The maximum absolute atomic E-state index is 11.5. The summed E-state index contributed by atoms with van der Waals surface area (Å²) in [5, 5.41) is 14.7. The van der Waals surface area contributed by atoms with Gasteiger partial charge >= 0.3 is 0 Å². The Balaban J connectivity index is 3.77. The molecule has 0 unspecified atom stereocenters. The molecule has 100 valence electrons. The van der Waals surface area contributed by atoms with Gasteiger partial charge in [0.05, 0.1) is 5.60 Å². The van der Waals surface area contributed by atoms with Gasteiger partial charge in [0, 0.05) is 24.9 Å². The van der Waals surface area contributed by atoms with Crippen LogP contribution in [-0.2, 0) is 9.59 Å². The lowest BCUT2D eigenvalue weighted by Gasteiger charge is -2.19. The Bertz CT molecular complexity index is 274. The van der Waals surface area contributed by atoms with E-state index in [-0.39, 0.29) is 24.8 Å². The molecule has 3 N–H and O–H groups in total. The van der Waals surface area contributed by atoms with Gasteiger partial charge < -0.3 is 15.7 Å². The normalized spacial score (nSPS) is 12.1. The summed E-state index contributed by atoms with van der Waals surface area (Å²) in [4.78, 5) is 22.8. The first-order valence-corrected chi connectivity index (χ1v) is 5.80. The molecule has 0 saturated carbocycles. The maximum Gasteiger partial charge on any atom is 0.225 e. The number of carbonyl (C=O) groups is 2. The average Bonchev–Trinajstić information content (AvgIpc) is 2.12. The Morgan fingerprint density at radius 2 is 1.59 bits per heavy atom. The minimum absolute atomic E-state index is 0.0761. The van der Waals surface area contributed by atoms with Crippen LogP contribution in [0.25, 0.3) is 0 Å². The van der Waals surface area contributed by atoms with Crippen LogP contribution in [0.2, 0.25) is 0 Å². The summed E-state index contributed by atoms with van der Waals surface area (Å²) in [6.07, 6.45) is 0.220. The number of rotatable bonds is 5. The van der Waals surface area contributed by atoms with E-state index in [2.05, 4.69) is 10.6 Å². The molecule has 5 heteroatoms. The molecule has 0 aromatic heterocycles. The van der Waals surface area contributed by atoms with E-state index in [4.69, 9.17) is 0 Å². The predicted molar refractivity (Wildman–Crippen MR) is 66.4 cm³/mol. The lowest BCUT2D eigenvalue weighted by Crippen LogP contribution is -2.40. The van der Waals surface area contributed by atoms with Crippen LogP contribution >= 0.6 is 0 Å². The average molecular weight is 244 g/mol. The molecule has 5 nitrogen and oxygen atoms in total. The SMILES string of the molecule is CC(C)(O)CNC(=O)CCNC(=O)C(C)(C)C. The van der Waals surface area contributed by atoms with Crippen molar-refractivity contribution in [1.82, 2.24) is 10.6 Å². The number of aliphatic hydroxyl groups is 1. The molecule has 0 atom stereocenters. The summed E-state index contributed by atoms with van der Waals surface area (Å²) in [7, 11) is 0. The van der Waals surface area contributed by atoms with E-state index in [1.165, 1.54) is 0 Å². The third-order valence-electron chi connectivity index (χ3n) is 2.04. The van der Waals surface area contributed by atoms with Crippen LogP contribution in [0, 0.1) is 5.41 Å². The van der Waals surface area contributed by atoms with Gasteiger partial charge in [-0.1, -0.05) is 20.8 Å². The first-order valence-electron chi connectivity index (χ1n) is 5.80. The van der Waals surface area contributed by atoms with Crippen LogP contribution in [0.15, 0.2) is 0 Å². The molecule has 2 amide bonds. The number of nitrogens with one attached hydrogen (secondary N) is 2. The molecule has 0 bridgehead atoms. The van der Waals surface area contributed by atoms with E-state index in [9.17, 15) is 14.7 Å². The second-order valence-corrected chi connectivity index (χ2v) is 5.85. The molecule has 0 aromatic carbocycles. The van der Waals surface area contributed by atoms with Crippen molar-refractivity contribution in [2.24, 2.45) is 5.41 Å². The quantitative estimate of drug-likeness (QED) is 0.656. The highest BCUT2D eigenvalue weighted by Gasteiger charge is 2.20. The Hall–Kier alpha value is -1.10. The van der Waals surface area contributed by atoms with Crippen molar-refractivity contribution in [3.63, 3.8) is 0 Å². The van der Waals surface area contributed by atoms with Crippen molar-refractivity contribution in [2.75, 3.05) is 13.1 Å². The smallest absolute Gasteiger partial charge is 0.225 e. The van der Waals surface area contributed by atoms with Gasteiger partial charge in [0.2, 0.25) is 11.8 Å². The monoisotopic (exact) mass is 244 g/mol. The van der Waals surface area contributed by atoms with Crippen molar-refractivity contribution in [3.05, 3.63) is 0 Å². The molecule has 0 aromatic rings. The molecule has 0 rings (SSSR count). The number of carbonyl (C=O) groups excluding carboxylic acids is 2. The van der Waals surface area contributed by atoms with E-state index >= 15 is 0 Å². The largest absolute Gasteiger partial charge is 0.389 e. The molecule has 0 heterocycles. The first-order chi connectivity index (χ1) is 7.52. The summed E-state index contributed by atoms with van der Waals surface area (Å²) in [5.74, 6) is -0.255. The summed E-state index contributed by atoms with van der Waals surface area (Å²) < 4.78 is 0. The lowest BCUT2D eigenvalue weighted by atomic mass is 9.96. The van der Waals surface area contributed by atoms with Crippen molar-refractivity contribution in [2.45, 2.75) is 46.6 Å². The van der Waals surface area contributed by atoms with Gasteiger partial charge in [-0.25, -0.2) is 0 Å². The standard InChI is InChI=1S/C12H24N2O3/c1-11(2,3)10(16)13-7-6-9(15)14-8-12(4,5)17/h17H,6-8H2,1-5H3,(H,13,16)(H,14,15). The van der Waals surface area contributed by atoms with Crippen molar-refractivity contribution in [3.8, 4) is 0 Å². The van der Waals surface area contributed by atoms with E-state index in [1.807, 2.05) is 20.8 Å². The fraction of sp³-hybridized carbons (Fsp3) is 0.833. The number of hydrogen-bond donors (Lipinski definition) is 3. The van der Waals surface area contributed by atoms with Gasteiger partial charge in [0.1, 0.15) is 0 Å². The molecule has 0 aliphatic carbocycles. The zero-order valence-electron chi connectivity index (χ0n) is 11.4. The second-order valence-electron chi connectivity index (χ2n) is 5.85. The lowest BCUT2D eigenvalue weighted by molar-refractivity contribution is -0.128. The van der Waals surface area contributed by atoms with Crippen LogP contribution in [0.3, 0.4) is 0 Å². The number of hydrogen-bond acceptors (Lipinski definition) is 3. The molecular formula is C12H24N2O3. The maximum atomic E-state index is 11.5. The summed E-state index contributed by atoms with van der Waals surface area (Å²) in [6, 6.07) is 0. The van der Waals surface area contributed by atoms with Gasteiger partial charge in [-0.15, -0.1) is 0 Å². The highest BCUT2D eigenvalue weighted by molar-refractivity contribution is 5.82. The minimum Gasteiger partial charge on any atom is -0.389 e. The van der Waals surface area contributed by atoms with Gasteiger partial charge in [-0.3, -0.25) is 9.59 Å². The van der Waals surface area contributed by atoms with Crippen LogP contribution in [-0.4, -0.2) is 35.6 Å². The molecular weight excluding hydrogens is 220 g/mol. The Labute approximate surface area is 103 Å². The van der Waals surface area contributed by atoms with E-state index in [1.54, 1.807) is 13.8 Å².